The zero-order chi connectivity index (χ0) is 15.9. The topological polar surface area (TPSA) is 58.4 Å². The van der Waals surface area contributed by atoms with Crippen molar-refractivity contribution in [2.45, 2.75) is 45.2 Å². The largest absolute Gasteiger partial charge is 0.354 e. The van der Waals surface area contributed by atoms with Gasteiger partial charge in [0.05, 0.1) is 0 Å². The SMILES string of the molecule is Cc1cc(CN2CCCCC2CNC(=O)CCN)ccc1Cl.Cl. The standard InChI is InChI=1S/C17H26ClN3O.ClH/c1-13-10-14(5-6-16(13)18)12-21-9-3-2-4-15(21)11-20-17(22)7-8-19;/h5-6,10,15H,2-4,7-9,11-12,19H2,1H3,(H,20,22);1H. The molecule has 0 bridgehead atoms. The van der Waals surface area contributed by atoms with E-state index < -0.39 is 0 Å². The number of nitrogens with zero attached hydrogens (tertiary/aromatic N) is 1. The maximum atomic E-state index is 11.6. The summed E-state index contributed by atoms with van der Waals surface area (Å²) in [6.45, 7) is 5.15. The van der Waals surface area contributed by atoms with E-state index in [0.717, 1.165) is 30.1 Å². The van der Waals surface area contributed by atoms with Gasteiger partial charge in [-0.25, -0.2) is 0 Å². The molecule has 2 rings (SSSR count). The lowest BCUT2D eigenvalue weighted by Crippen LogP contribution is -2.46. The van der Waals surface area contributed by atoms with Crippen LogP contribution < -0.4 is 11.1 Å². The van der Waals surface area contributed by atoms with E-state index in [-0.39, 0.29) is 18.3 Å². The number of halogens is 2. The van der Waals surface area contributed by atoms with Crippen LogP contribution in [0.4, 0.5) is 0 Å². The van der Waals surface area contributed by atoms with Crippen molar-refractivity contribution in [3.05, 3.63) is 34.3 Å². The Bertz CT molecular complexity index is 511. The number of rotatable bonds is 6. The highest BCUT2D eigenvalue weighted by atomic mass is 35.5. The highest BCUT2D eigenvalue weighted by Gasteiger charge is 2.22. The van der Waals surface area contributed by atoms with E-state index in [9.17, 15) is 4.79 Å². The second kappa shape index (κ2) is 10.1. The highest BCUT2D eigenvalue weighted by molar-refractivity contribution is 6.31. The summed E-state index contributed by atoms with van der Waals surface area (Å²) in [5.41, 5.74) is 7.81. The number of benzene rings is 1. The molecule has 130 valence electrons. The number of nitrogens with two attached hydrogens (primary N) is 1. The van der Waals surface area contributed by atoms with Gasteiger partial charge in [0.2, 0.25) is 5.91 Å². The third-order valence-electron chi connectivity index (χ3n) is 4.26. The summed E-state index contributed by atoms with van der Waals surface area (Å²) in [5, 5.41) is 3.82. The van der Waals surface area contributed by atoms with Gasteiger partial charge in [0.15, 0.2) is 0 Å². The molecule has 0 aliphatic carbocycles. The van der Waals surface area contributed by atoms with Gasteiger partial charge in [0, 0.05) is 37.1 Å². The number of carbonyl (C=O) groups is 1. The monoisotopic (exact) mass is 359 g/mol. The minimum absolute atomic E-state index is 0. The molecule has 1 aromatic rings. The van der Waals surface area contributed by atoms with Crippen molar-refractivity contribution in [1.82, 2.24) is 10.2 Å². The zero-order valence-electron chi connectivity index (χ0n) is 13.7. The summed E-state index contributed by atoms with van der Waals surface area (Å²) in [5.74, 6) is 0.0513. The Morgan fingerprint density at radius 3 is 2.91 bits per heavy atom. The van der Waals surface area contributed by atoms with Gasteiger partial charge >= 0.3 is 0 Å². The Balaban J connectivity index is 0.00000264. The third-order valence-corrected chi connectivity index (χ3v) is 4.69. The lowest BCUT2D eigenvalue weighted by molar-refractivity contribution is -0.121. The van der Waals surface area contributed by atoms with Crippen molar-refractivity contribution in [3.63, 3.8) is 0 Å². The Hall–Kier alpha value is -0.810. The number of piperidine rings is 1. The molecule has 1 atom stereocenters. The first-order valence-corrected chi connectivity index (χ1v) is 8.44. The van der Waals surface area contributed by atoms with Crippen LogP contribution in [0.2, 0.25) is 5.02 Å². The van der Waals surface area contributed by atoms with Crippen molar-refractivity contribution in [2.75, 3.05) is 19.6 Å². The number of hydrogen-bond donors (Lipinski definition) is 2. The van der Waals surface area contributed by atoms with Gasteiger partial charge in [-0.1, -0.05) is 30.2 Å². The molecule has 6 heteroatoms. The van der Waals surface area contributed by atoms with Crippen LogP contribution in [0.1, 0.15) is 36.8 Å². The van der Waals surface area contributed by atoms with Crippen LogP contribution in [-0.4, -0.2) is 36.5 Å². The normalized spacial score (nSPS) is 18.3. The molecule has 4 nitrogen and oxygen atoms in total. The number of carbonyl (C=O) groups excluding carboxylic acids is 1. The maximum Gasteiger partial charge on any atom is 0.221 e. The highest BCUT2D eigenvalue weighted by Crippen LogP contribution is 2.22. The second-order valence-electron chi connectivity index (χ2n) is 6.05. The Morgan fingerprint density at radius 1 is 1.43 bits per heavy atom. The fourth-order valence-electron chi connectivity index (χ4n) is 2.99. The van der Waals surface area contributed by atoms with Gasteiger partial charge in [-0.2, -0.15) is 0 Å². The molecule has 1 heterocycles. The summed E-state index contributed by atoms with van der Waals surface area (Å²) in [6.07, 6.45) is 3.99. The summed E-state index contributed by atoms with van der Waals surface area (Å²) in [6, 6.07) is 6.62. The van der Waals surface area contributed by atoms with Gasteiger partial charge in [-0.15, -0.1) is 12.4 Å². The quantitative estimate of drug-likeness (QED) is 0.820. The maximum absolute atomic E-state index is 11.6. The van der Waals surface area contributed by atoms with Crippen LogP contribution in [0.15, 0.2) is 18.2 Å². The van der Waals surface area contributed by atoms with E-state index in [1.54, 1.807) is 0 Å². The average molecular weight is 360 g/mol. The summed E-state index contributed by atoms with van der Waals surface area (Å²) in [7, 11) is 0. The fourth-order valence-corrected chi connectivity index (χ4v) is 3.11. The number of aryl methyl sites for hydroxylation is 1. The Morgan fingerprint density at radius 2 is 2.22 bits per heavy atom. The average Bonchev–Trinajstić information content (AvgIpc) is 2.50. The first-order chi connectivity index (χ1) is 10.6. The molecule has 0 spiro atoms. The van der Waals surface area contributed by atoms with Crippen LogP contribution >= 0.6 is 24.0 Å². The zero-order valence-corrected chi connectivity index (χ0v) is 15.3. The molecule has 0 saturated carbocycles. The fraction of sp³-hybridized carbons (Fsp3) is 0.588. The number of amides is 1. The molecular formula is C17H27Cl2N3O. The van der Waals surface area contributed by atoms with Crippen LogP contribution in [0.3, 0.4) is 0 Å². The van der Waals surface area contributed by atoms with Crippen molar-refractivity contribution < 1.29 is 4.79 Å². The molecule has 1 fully saturated rings. The summed E-state index contributed by atoms with van der Waals surface area (Å²) < 4.78 is 0. The molecule has 23 heavy (non-hydrogen) atoms. The number of likely N-dealkylation sites (tertiary alicyclic amines) is 1. The smallest absolute Gasteiger partial charge is 0.221 e. The van der Waals surface area contributed by atoms with Gasteiger partial charge < -0.3 is 11.1 Å². The van der Waals surface area contributed by atoms with Crippen molar-refractivity contribution in [1.29, 1.82) is 0 Å². The van der Waals surface area contributed by atoms with Gasteiger partial charge in [-0.3, -0.25) is 9.69 Å². The van der Waals surface area contributed by atoms with Crippen LogP contribution in [0, 0.1) is 6.92 Å². The van der Waals surface area contributed by atoms with E-state index in [4.69, 9.17) is 17.3 Å². The number of hydrogen-bond acceptors (Lipinski definition) is 3. The van der Waals surface area contributed by atoms with Gasteiger partial charge in [0.25, 0.3) is 0 Å². The molecule has 0 radical (unpaired) electrons. The second-order valence-corrected chi connectivity index (χ2v) is 6.45. The van der Waals surface area contributed by atoms with Gasteiger partial charge in [0.1, 0.15) is 0 Å². The first kappa shape index (κ1) is 20.2. The third kappa shape index (κ3) is 6.30. The van der Waals surface area contributed by atoms with Crippen LogP contribution in [0.5, 0.6) is 0 Å². The van der Waals surface area contributed by atoms with Crippen LogP contribution in [-0.2, 0) is 11.3 Å². The Labute approximate surface area is 150 Å². The number of nitrogens with one attached hydrogen (secondary N) is 1. The predicted molar refractivity (Wildman–Crippen MR) is 98.2 cm³/mol. The molecule has 3 N–H and O–H groups in total. The summed E-state index contributed by atoms with van der Waals surface area (Å²) >= 11 is 6.10. The van der Waals surface area contributed by atoms with Gasteiger partial charge in [-0.05, 0) is 43.5 Å². The van der Waals surface area contributed by atoms with E-state index in [1.807, 2.05) is 13.0 Å². The molecule has 1 aromatic carbocycles. The molecule has 1 aliphatic rings. The summed E-state index contributed by atoms with van der Waals surface area (Å²) in [4.78, 5) is 14.1. The minimum atomic E-state index is 0. The molecule has 1 saturated heterocycles. The predicted octanol–water partition coefficient (Wildman–Crippen LogP) is 2.89. The Kier molecular flexibility index (Phi) is 8.92. The molecular weight excluding hydrogens is 333 g/mol. The first-order valence-electron chi connectivity index (χ1n) is 8.06. The lowest BCUT2D eigenvalue weighted by atomic mass is 10.0. The van der Waals surface area contributed by atoms with Crippen molar-refractivity contribution in [2.24, 2.45) is 5.73 Å². The van der Waals surface area contributed by atoms with E-state index in [1.165, 1.54) is 18.4 Å². The van der Waals surface area contributed by atoms with E-state index in [0.29, 0.717) is 25.6 Å². The minimum Gasteiger partial charge on any atom is -0.354 e. The molecule has 1 unspecified atom stereocenters. The lowest BCUT2D eigenvalue weighted by Gasteiger charge is -2.36. The van der Waals surface area contributed by atoms with E-state index >= 15 is 0 Å². The molecule has 1 aliphatic heterocycles. The molecule has 0 aromatic heterocycles. The molecule has 1 amide bonds. The van der Waals surface area contributed by atoms with Crippen LogP contribution in [0.25, 0.3) is 0 Å². The van der Waals surface area contributed by atoms with Crippen molar-refractivity contribution in [3.8, 4) is 0 Å². The van der Waals surface area contributed by atoms with E-state index in [2.05, 4.69) is 22.3 Å². The van der Waals surface area contributed by atoms with Crippen molar-refractivity contribution >= 4 is 29.9 Å².